The van der Waals surface area contributed by atoms with Crippen LogP contribution < -0.4 is 0 Å². The van der Waals surface area contributed by atoms with E-state index < -0.39 is 0 Å². The van der Waals surface area contributed by atoms with Gasteiger partial charge in [-0.25, -0.2) is 0 Å². The fourth-order valence-electron chi connectivity index (χ4n) is 0. The third-order valence-corrected chi connectivity index (χ3v) is 0. The van der Waals surface area contributed by atoms with Crippen LogP contribution in [0.15, 0.2) is 0 Å². The summed E-state index contributed by atoms with van der Waals surface area (Å²) in [7, 11) is 0. The van der Waals surface area contributed by atoms with Crippen LogP contribution in [0, 0.1) is 0 Å². The molecule has 0 aliphatic carbocycles. The van der Waals surface area contributed by atoms with Crippen molar-refractivity contribution in [3.63, 3.8) is 0 Å². The molecule has 0 aliphatic heterocycles. The fourth-order valence-corrected chi connectivity index (χ4v) is 0. The molecule has 0 aliphatic rings. The quantitative estimate of drug-likeness (QED) is 0.600. The van der Waals surface area contributed by atoms with Crippen molar-refractivity contribution in [2.75, 3.05) is 0 Å². The van der Waals surface area contributed by atoms with Crippen LogP contribution in [0.3, 0.4) is 0 Å². The topological polar surface area (TPSA) is 0 Å². The van der Waals surface area contributed by atoms with Gasteiger partial charge < -0.3 is 0 Å². The van der Waals surface area contributed by atoms with Gasteiger partial charge in [-0.15, -0.1) is 37.2 Å². The molecule has 3 radical (unpaired) electrons. The van der Waals surface area contributed by atoms with Crippen molar-refractivity contribution < 1.29 is 0 Å². The summed E-state index contributed by atoms with van der Waals surface area (Å²) in [5.74, 6) is 0. The zero-order chi connectivity index (χ0) is 4.50. The number of hydrogen-bond acceptors (Lipinski definition) is 0. The summed E-state index contributed by atoms with van der Waals surface area (Å²) >= 11 is 1.62. The minimum Gasteiger partial charge on any atom is -0.147 e. The van der Waals surface area contributed by atoms with Gasteiger partial charge in [0.2, 0.25) is 0 Å². The molecule has 0 nitrogen and oxygen atoms in total. The Morgan fingerprint density at radius 1 is 0.875 bits per heavy atom. The molecule has 0 fully saturated rings. The molecule has 8 heavy (non-hydrogen) atoms. The molecule has 0 bridgehead atoms. The minimum atomic E-state index is 0. The van der Waals surface area contributed by atoms with Crippen LogP contribution in [-0.2, 0) is 0 Å². The Bertz CT molecular complexity index is 26.8. The molecule has 0 heterocycles. The standard InChI is InChI=1S/C4H9.3ClH.Sn/c1-4(2)3;;;;/h1-3H3;3*1H;. The van der Waals surface area contributed by atoms with Crippen molar-refractivity contribution in [1.29, 1.82) is 0 Å². The SMILES string of the molecule is C[C](C)(C)[Sn].Cl.Cl.Cl. The van der Waals surface area contributed by atoms with Gasteiger partial charge in [-0.2, -0.15) is 0 Å². The first-order valence-electron chi connectivity index (χ1n) is 1.75. The third kappa shape index (κ3) is 122. The maximum absolute atomic E-state index is 2.23. The van der Waals surface area contributed by atoms with Crippen molar-refractivity contribution in [3.8, 4) is 0 Å². The van der Waals surface area contributed by atoms with Crippen LogP contribution in [0.1, 0.15) is 20.8 Å². The average molecular weight is 285 g/mol. The average Bonchev–Trinajstić information content (AvgIpc) is 0.722. The number of rotatable bonds is 0. The summed E-state index contributed by atoms with van der Waals surface area (Å²) in [6.07, 6.45) is 0. The third-order valence-electron chi connectivity index (χ3n) is 0. The van der Waals surface area contributed by atoms with Crippen LogP contribution in [0.4, 0.5) is 0 Å². The zero-order valence-corrected chi connectivity index (χ0v) is 10.5. The van der Waals surface area contributed by atoms with Crippen LogP contribution in [0.2, 0.25) is 3.43 Å². The molecule has 0 saturated heterocycles. The molecule has 0 rings (SSSR count). The Morgan fingerprint density at radius 3 is 0.875 bits per heavy atom. The number of hydrogen-bond donors (Lipinski definition) is 0. The van der Waals surface area contributed by atoms with Crippen LogP contribution >= 0.6 is 37.2 Å². The molecular formula is C4H12Cl3Sn. The summed E-state index contributed by atoms with van der Waals surface area (Å²) in [6, 6.07) is 0. The molecule has 0 amide bonds. The van der Waals surface area contributed by atoms with Crippen molar-refractivity contribution in [2.24, 2.45) is 0 Å². The van der Waals surface area contributed by atoms with Crippen LogP contribution in [0.25, 0.3) is 0 Å². The normalized spacial score (nSPS) is 7.50. The fraction of sp³-hybridized carbons (Fsp3) is 1.00. The van der Waals surface area contributed by atoms with Crippen molar-refractivity contribution >= 4 is 59.7 Å². The predicted molar refractivity (Wildman–Crippen MR) is 47.2 cm³/mol. The predicted octanol–water partition coefficient (Wildman–Crippen LogP) is 2.64. The molecule has 0 aromatic carbocycles. The summed E-state index contributed by atoms with van der Waals surface area (Å²) < 4.78 is 0.590. The first-order valence-corrected chi connectivity index (χ1v) is 3.18. The Balaban J connectivity index is -0.0000000267. The minimum absolute atomic E-state index is 0. The molecule has 4 heteroatoms. The van der Waals surface area contributed by atoms with Gasteiger partial charge in [0, 0.05) is 0 Å². The Labute approximate surface area is 83.5 Å². The molecule has 0 spiro atoms. The van der Waals surface area contributed by atoms with Gasteiger partial charge in [-0.05, 0) is 0 Å². The van der Waals surface area contributed by atoms with Crippen molar-refractivity contribution in [2.45, 2.75) is 24.2 Å². The Hall–Kier alpha value is 1.67. The molecule has 0 aromatic heterocycles. The second-order valence-electron chi connectivity index (χ2n) is 2.25. The zero-order valence-electron chi connectivity index (χ0n) is 5.22. The van der Waals surface area contributed by atoms with E-state index in [2.05, 4.69) is 20.8 Å². The van der Waals surface area contributed by atoms with Crippen molar-refractivity contribution in [1.82, 2.24) is 0 Å². The maximum atomic E-state index is 2.23. The van der Waals surface area contributed by atoms with E-state index in [4.69, 9.17) is 0 Å². The van der Waals surface area contributed by atoms with Gasteiger partial charge in [0.25, 0.3) is 0 Å². The molecule has 0 N–H and O–H groups in total. The summed E-state index contributed by atoms with van der Waals surface area (Å²) in [4.78, 5) is 0. The first-order chi connectivity index (χ1) is 2.00. The largest absolute Gasteiger partial charge is 0.147 e. The molecule has 0 aromatic rings. The van der Waals surface area contributed by atoms with Gasteiger partial charge in [0.05, 0.1) is 0 Å². The number of halogens is 3. The molecule has 0 unspecified atom stereocenters. The molecule has 0 saturated carbocycles. The Kier molecular flexibility index (Phi) is 24.5. The van der Waals surface area contributed by atoms with E-state index in [-0.39, 0.29) is 37.2 Å². The van der Waals surface area contributed by atoms with Gasteiger partial charge in [-0.3, -0.25) is 0 Å². The second kappa shape index (κ2) is 8.67. The Morgan fingerprint density at radius 2 is 0.875 bits per heavy atom. The smallest absolute Gasteiger partial charge is 0.147 e. The van der Waals surface area contributed by atoms with E-state index in [0.29, 0.717) is 3.43 Å². The molecular weight excluding hydrogens is 273 g/mol. The molecule has 0 atom stereocenters. The van der Waals surface area contributed by atoms with Gasteiger partial charge in [0.1, 0.15) is 0 Å². The summed E-state index contributed by atoms with van der Waals surface area (Å²) in [6.45, 7) is 6.68. The second-order valence-corrected chi connectivity index (χ2v) is 6.53. The van der Waals surface area contributed by atoms with Gasteiger partial charge in [0.15, 0.2) is 0 Å². The van der Waals surface area contributed by atoms with E-state index in [0.717, 1.165) is 0 Å². The van der Waals surface area contributed by atoms with Gasteiger partial charge in [-0.1, -0.05) is 0 Å². The van der Waals surface area contributed by atoms with E-state index in [9.17, 15) is 0 Å². The van der Waals surface area contributed by atoms with Crippen LogP contribution in [-0.4, -0.2) is 22.5 Å². The van der Waals surface area contributed by atoms with Crippen molar-refractivity contribution in [3.05, 3.63) is 0 Å². The summed E-state index contributed by atoms with van der Waals surface area (Å²) in [5.41, 5.74) is 0. The maximum Gasteiger partial charge on any atom is -0.147 e. The monoisotopic (exact) mass is 285 g/mol. The van der Waals surface area contributed by atoms with E-state index in [1.807, 2.05) is 0 Å². The van der Waals surface area contributed by atoms with E-state index in [1.54, 1.807) is 22.5 Å². The van der Waals surface area contributed by atoms with Crippen LogP contribution in [0.5, 0.6) is 0 Å². The molecule has 53 valence electrons. The van der Waals surface area contributed by atoms with Gasteiger partial charge >= 0.3 is 46.7 Å². The first kappa shape index (κ1) is 22.6. The van der Waals surface area contributed by atoms with E-state index >= 15 is 0 Å². The van der Waals surface area contributed by atoms with E-state index in [1.165, 1.54) is 0 Å². The summed E-state index contributed by atoms with van der Waals surface area (Å²) in [5, 5.41) is 0.